The van der Waals surface area contributed by atoms with Crippen molar-refractivity contribution in [2.24, 2.45) is 0 Å². The first-order chi connectivity index (χ1) is 10.4. The predicted octanol–water partition coefficient (Wildman–Crippen LogP) is 2.02. The Morgan fingerprint density at radius 3 is 3.00 bits per heavy atom. The van der Waals surface area contributed by atoms with E-state index in [1.165, 1.54) is 12.8 Å². The topological polar surface area (TPSA) is 95.7 Å². The second kappa shape index (κ2) is 5.12. The van der Waals surface area contributed by atoms with E-state index in [1.807, 2.05) is 0 Å². The summed E-state index contributed by atoms with van der Waals surface area (Å²) in [5.41, 5.74) is 0. The number of hydrogen-bond acceptors (Lipinski definition) is 7. The maximum Gasteiger partial charge on any atom is 0.248 e. The van der Waals surface area contributed by atoms with Crippen LogP contribution in [-0.4, -0.2) is 30.3 Å². The molecule has 3 aromatic heterocycles. The molecule has 21 heavy (non-hydrogen) atoms. The number of rotatable bonds is 4. The molecule has 0 amide bonds. The molecule has 0 aliphatic heterocycles. The zero-order chi connectivity index (χ0) is 14.1. The van der Waals surface area contributed by atoms with E-state index in [1.54, 1.807) is 23.1 Å². The van der Waals surface area contributed by atoms with Gasteiger partial charge in [-0.15, -0.1) is 5.10 Å². The Labute approximate surface area is 120 Å². The molecule has 0 unspecified atom stereocenters. The Balaban J connectivity index is 1.55. The van der Waals surface area contributed by atoms with Crippen molar-refractivity contribution in [3.8, 4) is 11.6 Å². The standard InChI is InChI=1S/C13H14N6O2/c1-2-5-9(4-1)13-15-17-18-19(13)8-11-14-12(16-21-11)10-6-3-7-20-10/h3,6-7,9H,1-2,4-5,8H2. The number of aromatic nitrogens is 6. The lowest BCUT2D eigenvalue weighted by atomic mass is 10.1. The van der Waals surface area contributed by atoms with Crippen molar-refractivity contribution in [2.75, 3.05) is 0 Å². The van der Waals surface area contributed by atoms with E-state index in [2.05, 4.69) is 25.7 Å². The minimum atomic E-state index is 0.381. The van der Waals surface area contributed by atoms with Gasteiger partial charge in [0.05, 0.1) is 6.26 Å². The lowest BCUT2D eigenvalue weighted by Crippen LogP contribution is -2.10. The molecule has 1 aliphatic carbocycles. The molecule has 4 rings (SSSR count). The molecule has 3 heterocycles. The second-order valence-electron chi connectivity index (χ2n) is 5.17. The summed E-state index contributed by atoms with van der Waals surface area (Å²) in [6.07, 6.45) is 6.33. The summed E-state index contributed by atoms with van der Waals surface area (Å²) in [6.45, 7) is 0.381. The van der Waals surface area contributed by atoms with Gasteiger partial charge in [0, 0.05) is 5.92 Å². The maximum absolute atomic E-state index is 5.24. The van der Waals surface area contributed by atoms with Crippen LogP contribution in [0.5, 0.6) is 0 Å². The van der Waals surface area contributed by atoms with Crippen LogP contribution in [0, 0.1) is 0 Å². The van der Waals surface area contributed by atoms with Crippen LogP contribution < -0.4 is 0 Å². The monoisotopic (exact) mass is 286 g/mol. The molecule has 0 atom stereocenters. The Morgan fingerprint density at radius 2 is 2.19 bits per heavy atom. The quantitative estimate of drug-likeness (QED) is 0.723. The first kappa shape index (κ1) is 12.2. The van der Waals surface area contributed by atoms with E-state index < -0.39 is 0 Å². The second-order valence-corrected chi connectivity index (χ2v) is 5.17. The molecule has 1 aliphatic rings. The molecule has 3 aromatic rings. The van der Waals surface area contributed by atoms with Crippen molar-refractivity contribution in [2.45, 2.75) is 38.1 Å². The molecule has 0 aromatic carbocycles. The van der Waals surface area contributed by atoms with Crippen molar-refractivity contribution in [1.29, 1.82) is 0 Å². The van der Waals surface area contributed by atoms with Crippen LogP contribution in [0.2, 0.25) is 0 Å². The fraction of sp³-hybridized carbons (Fsp3) is 0.462. The number of tetrazole rings is 1. The Kier molecular flexibility index (Phi) is 2.98. The Bertz CT molecular complexity index is 711. The molecule has 0 radical (unpaired) electrons. The van der Waals surface area contributed by atoms with E-state index in [-0.39, 0.29) is 0 Å². The third kappa shape index (κ3) is 2.32. The summed E-state index contributed by atoms with van der Waals surface area (Å²) in [5.74, 6) is 2.83. The predicted molar refractivity (Wildman–Crippen MR) is 70.1 cm³/mol. The van der Waals surface area contributed by atoms with Crippen molar-refractivity contribution in [3.05, 3.63) is 30.1 Å². The maximum atomic E-state index is 5.24. The van der Waals surface area contributed by atoms with Gasteiger partial charge in [-0.25, -0.2) is 4.68 Å². The Hall–Kier alpha value is -2.51. The average molecular weight is 286 g/mol. The smallest absolute Gasteiger partial charge is 0.248 e. The van der Waals surface area contributed by atoms with Gasteiger partial charge >= 0.3 is 0 Å². The van der Waals surface area contributed by atoms with Gasteiger partial charge in [-0.3, -0.25) is 0 Å². The van der Waals surface area contributed by atoms with Gasteiger partial charge in [-0.05, 0) is 35.4 Å². The normalized spacial score (nSPS) is 15.8. The molecule has 0 N–H and O–H groups in total. The summed E-state index contributed by atoms with van der Waals surface area (Å²) in [7, 11) is 0. The van der Waals surface area contributed by atoms with E-state index in [0.29, 0.717) is 29.9 Å². The van der Waals surface area contributed by atoms with Crippen LogP contribution in [0.15, 0.2) is 27.3 Å². The van der Waals surface area contributed by atoms with E-state index >= 15 is 0 Å². The molecular weight excluding hydrogens is 272 g/mol. The first-order valence-corrected chi connectivity index (χ1v) is 7.02. The van der Waals surface area contributed by atoms with Crippen molar-refractivity contribution in [3.63, 3.8) is 0 Å². The highest BCUT2D eigenvalue weighted by Gasteiger charge is 2.24. The average Bonchev–Trinajstić information content (AvgIpc) is 3.28. The molecule has 8 heteroatoms. The molecular formula is C13H14N6O2. The fourth-order valence-electron chi connectivity index (χ4n) is 2.75. The van der Waals surface area contributed by atoms with E-state index in [9.17, 15) is 0 Å². The highest BCUT2D eigenvalue weighted by molar-refractivity contribution is 5.44. The lowest BCUT2D eigenvalue weighted by molar-refractivity contribution is 0.360. The number of furan rings is 1. The highest BCUT2D eigenvalue weighted by Crippen LogP contribution is 2.32. The fourth-order valence-corrected chi connectivity index (χ4v) is 2.75. The first-order valence-electron chi connectivity index (χ1n) is 7.02. The molecule has 0 spiro atoms. The van der Waals surface area contributed by atoms with Crippen LogP contribution in [0.1, 0.15) is 43.3 Å². The van der Waals surface area contributed by atoms with Gasteiger partial charge < -0.3 is 8.94 Å². The largest absolute Gasteiger partial charge is 0.461 e. The zero-order valence-electron chi connectivity index (χ0n) is 11.3. The number of hydrogen-bond donors (Lipinski definition) is 0. The van der Waals surface area contributed by atoms with E-state index in [4.69, 9.17) is 8.94 Å². The van der Waals surface area contributed by atoms with Crippen LogP contribution in [0.25, 0.3) is 11.6 Å². The third-order valence-corrected chi connectivity index (χ3v) is 3.77. The molecule has 1 fully saturated rings. The summed E-state index contributed by atoms with van der Waals surface area (Å²) in [6, 6.07) is 3.57. The Morgan fingerprint density at radius 1 is 1.29 bits per heavy atom. The van der Waals surface area contributed by atoms with Gasteiger partial charge in [0.1, 0.15) is 6.54 Å². The minimum absolute atomic E-state index is 0.381. The third-order valence-electron chi connectivity index (χ3n) is 3.77. The molecule has 0 saturated heterocycles. The molecule has 8 nitrogen and oxygen atoms in total. The molecule has 108 valence electrons. The summed E-state index contributed by atoms with van der Waals surface area (Å²) < 4.78 is 12.2. The van der Waals surface area contributed by atoms with Crippen LogP contribution in [-0.2, 0) is 6.54 Å². The highest BCUT2D eigenvalue weighted by atomic mass is 16.5. The lowest BCUT2D eigenvalue weighted by Gasteiger charge is -2.07. The van der Waals surface area contributed by atoms with Crippen LogP contribution in [0.3, 0.4) is 0 Å². The van der Waals surface area contributed by atoms with Crippen molar-refractivity contribution < 1.29 is 8.94 Å². The van der Waals surface area contributed by atoms with Crippen LogP contribution >= 0.6 is 0 Å². The van der Waals surface area contributed by atoms with E-state index in [0.717, 1.165) is 18.7 Å². The van der Waals surface area contributed by atoms with Gasteiger partial charge in [0.25, 0.3) is 0 Å². The summed E-state index contributed by atoms with van der Waals surface area (Å²) in [5, 5.41) is 15.9. The van der Waals surface area contributed by atoms with Gasteiger partial charge in [0.15, 0.2) is 11.6 Å². The van der Waals surface area contributed by atoms with Gasteiger partial charge in [-0.1, -0.05) is 18.0 Å². The molecule has 1 saturated carbocycles. The minimum Gasteiger partial charge on any atom is -0.461 e. The summed E-state index contributed by atoms with van der Waals surface area (Å²) >= 11 is 0. The van der Waals surface area contributed by atoms with Gasteiger partial charge in [-0.2, -0.15) is 4.98 Å². The van der Waals surface area contributed by atoms with Crippen molar-refractivity contribution >= 4 is 0 Å². The zero-order valence-corrected chi connectivity index (χ0v) is 11.3. The van der Waals surface area contributed by atoms with Gasteiger partial charge in [0.2, 0.25) is 11.7 Å². The summed E-state index contributed by atoms with van der Waals surface area (Å²) in [4.78, 5) is 4.31. The SMILES string of the molecule is c1coc(-c2noc(Cn3nnnc3C3CCCC3)n2)c1. The van der Waals surface area contributed by atoms with Crippen molar-refractivity contribution in [1.82, 2.24) is 30.3 Å². The number of nitrogens with zero attached hydrogens (tertiary/aromatic N) is 6. The molecule has 0 bridgehead atoms. The van der Waals surface area contributed by atoms with Crippen LogP contribution in [0.4, 0.5) is 0 Å².